The Morgan fingerprint density at radius 3 is 2.32 bits per heavy atom. The molecule has 1 aromatic rings. The van der Waals surface area contributed by atoms with Crippen LogP contribution in [0.25, 0.3) is 0 Å². The first-order valence-electron chi connectivity index (χ1n) is 7.85. The SMILES string of the molecule is COC(=O)c1ccc(CNC(=O)CN2CCCCCC2)cc1. The lowest BCUT2D eigenvalue weighted by Crippen LogP contribution is -2.37. The van der Waals surface area contributed by atoms with Crippen LogP contribution in [0.5, 0.6) is 0 Å². The number of ether oxygens (including phenoxy) is 1. The Morgan fingerprint density at radius 1 is 1.09 bits per heavy atom. The van der Waals surface area contributed by atoms with Gasteiger partial charge in [0.15, 0.2) is 0 Å². The van der Waals surface area contributed by atoms with Crippen LogP contribution in [0.4, 0.5) is 0 Å². The zero-order valence-electron chi connectivity index (χ0n) is 13.1. The summed E-state index contributed by atoms with van der Waals surface area (Å²) in [6.45, 7) is 2.98. The quantitative estimate of drug-likeness (QED) is 0.845. The molecule has 1 fully saturated rings. The highest BCUT2D eigenvalue weighted by atomic mass is 16.5. The lowest BCUT2D eigenvalue weighted by Gasteiger charge is -2.19. The Labute approximate surface area is 131 Å². The van der Waals surface area contributed by atoms with E-state index in [-0.39, 0.29) is 11.9 Å². The summed E-state index contributed by atoms with van der Waals surface area (Å²) in [5.41, 5.74) is 1.49. The molecule has 5 heteroatoms. The van der Waals surface area contributed by atoms with Crippen molar-refractivity contribution >= 4 is 11.9 Å². The predicted octanol–water partition coefficient (Wildman–Crippen LogP) is 1.97. The van der Waals surface area contributed by atoms with Crippen molar-refractivity contribution in [2.75, 3.05) is 26.7 Å². The normalized spacial score (nSPS) is 15.9. The molecule has 1 N–H and O–H groups in total. The zero-order chi connectivity index (χ0) is 15.8. The Morgan fingerprint density at radius 2 is 1.73 bits per heavy atom. The molecule has 0 unspecified atom stereocenters. The summed E-state index contributed by atoms with van der Waals surface area (Å²) in [7, 11) is 1.36. The fourth-order valence-electron chi connectivity index (χ4n) is 2.63. The maximum atomic E-state index is 12.0. The Bertz CT molecular complexity index is 491. The fraction of sp³-hybridized carbons (Fsp3) is 0.529. The van der Waals surface area contributed by atoms with Crippen molar-refractivity contribution in [3.63, 3.8) is 0 Å². The van der Waals surface area contributed by atoms with Gasteiger partial charge < -0.3 is 10.1 Å². The maximum absolute atomic E-state index is 12.0. The summed E-state index contributed by atoms with van der Waals surface area (Å²) in [5, 5.41) is 2.93. The van der Waals surface area contributed by atoms with Crippen LogP contribution in [-0.4, -0.2) is 43.5 Å². The van der Waals surface area contributed by atoms with Gasteiger partial charge in [-0.3, -0.25) is 9.69 Å². The summed E-state index contributed by atoms with van der Waals surface area (Å²) in [5.74, 6) is -0.296. The average Bonchev–Trinajstić information content (AvgIpc) is 2.81. The van der Waals surface area contributed by atoms with E-state index in [4.69, 9.17) is 0 Å². The number of nitrogens with one attached hydrogen (secondary N) is 1. The van der Waals surface area contributed by atoms with Gasteiger partial charge in [-0.1, -0.05) is 25.0 Å². The molecule has 120 valence electrons. The van der Waals surface area contributed by atoms with E-state index in [9.17, 15) is 9.59 Å². The second-order valence-corrected chi connectivity index (χ2v) is 5.66. The van der Waals surface area contributed by atoms with Gasteiger partial charge in [-0.05, 0) is 43.6 Å². The highest BCUT2D eigenvalue weighted by molar-refractivity contribution is 5.89. The van der Waals surface area contributed by atoms with Crippen molar-refractivity contribution in [2.24, 2.45) is 0 Å². The predicted molar refractivity (Wildman–Crippen MR) is 84.5 cm³/mol. The van der Waals surface area contributed by atoms with E-state index in [0.717, 1.165) is 18.7 Å². The van der Waals surface area contributed by atoms with Gasteiger partial charge in [0.1, 0.15) is 0 Å². The van der Waals surface area contributed by atoms with Crippen LogP contribution < -0.4 is 5.32 Å². The smallest absolute Gasteiger partial charge is 0.337 e. The summed E-state index contributed by atoms with van der Waals surface area (Å²) in [6.07, 6.45) is 4.90. The van der Waals surface area contributed by atoms with E-state index in [1.54, 1.807) is 12.1 Å². The molecule has 1 aliphatic rings. The van der Waals surface area contributed by atoms with E-state index in [1.807, 2.05) is 12.1 Å². The molecule has 0 saturated carbocycles. The molecule has 5 nitrogen and oxygen atoms in total. The van der Waals surface area contributed by atoms with Crippen LogP contribution in [0.1, 0.15) is 41.6 Å². The highest BCUT2D eigenvalue weighted by Gasteiger charge is 2.12. The third kappa shape index (κ3) is 5.15. The van der Waals surface area contributed by atoms with Gasteiger partial charge in [-0.2, -0.15) is 0 Å². The molecular formula is C17H24N2O3. The number of nitrogens with zero attached hydrogens (tertiary/aromatic N) is 1. The number of esters is 1. The Hall–Kier alpha value is -1.88. The minimum absolute atomic E-state index is 0.0546. The largest absolute Gasteiger partial charge is 0.465 e. The first kappa shape index (κ1) is 16.5. The average molecular weight is 304 g/mol. The first-order chi connectivity index (χ1) is 10.7. The number of carbonyl (C=O) groups is 2. The second-order valence-electron chi connectivity index (χ2n) is 5.66. The molecule has 0 spiro atoms. The topological polar surface area (TPSA) is 58.6 Å². The molecule has 1 amide bonds. The molecule has 22 heavy (non-hydrogen) atoms. The Balaban J connectivity index is 1.76. The molecule has 1 aliphatic heterocycles. The summed E-state index contributed by atoms with van der Waals surface area (Å²) >= 11 is 0. The van der Waals surface area contributed by atoms with E-state index >= 15 is 0 Å². The van der Waals surface area contributed by atoms with Crippen LogP contribution in [0.15, 0.2) is 24.3 Å². The molecule has 1 heterocycles. The van der Waals surface area contributed by atoms with Gasteiger partial charge in [0.2, 0.25) is 5.91 Å². The summed E-state index contributed by atoms with van der Waals surface area (Å²) in [6, 6.07) is 7.08. The Kier molecular flexibility index (Phi) is 6.40. The van der Waals surface area contributed by atoms with E-state index in [2.05, 4.69) is 15.0 Å². The minimum atomic E-state index is -0.350. The molecule has 0 aromatic heterocycles. The molecule has 1 aromatic carbocycles. The maximum Gasteiger partial charge on any atom is 0.337 e. The second kappa shape index (κ2) is 8.54. The number of likely N-dealkylation sites (tertiary alicyclic amines) is 1. The van der Waals surface area contributed by atoms with Crippen molar-refractivity contribution in [2.45, 2.75) is 32.2 Å². The number of rotatable bonds is 5. The number of hydrogen-bond acceptors (Lipinski definition) is 4. The molecule has 2 rings (SSSR count). The molecule has 0 bridgehead atoms. The van der Waals surface area contributed by atoms with Crippen LogP contribution >= 0.6 is 0 Å². The van der Waals surface area contributed by atoms with Crippen molar-refractivity contribution in [1.82, 2.24) is 10.2 Å². The van der Waals surface area contributed by atoms with Crippen LogP contribution in [-0.2, 0) is 16.1 Å². The number of benzene rings is 1. The number of carbonyl (C=O) groups excluding carboxylic acids is 2. The van der Waals surface area contributed by atoms with Gasteiger partial charge in [-0.25, -0.2) is 4.79 Å². The molecule has 1 saturated heterocycles. The summed E-state index contributed by atoms with van der Waals surface area (Å²) in [4.78, 5) is 25.6. The van der Waals surface area contributed by atoms with Crippen molar-refractivity contribution in [1.29, 1.82) is 0 Å². The third-order valence-corrected chi connectivity index (χ3v) is 3.93. The van der Waals surface area contributed by atoms with Crippen molar-refractivity contribution < 1.29 is 14.3 Å². The molecular weight excluding hydrogens is 280 g/mol. The van der Waals surface area contributed by atoms with Gasteiger partial charge in [0.05, 0.1) is 19.2 Å². The molecule has 0 atom stereocenters. The standard InChI is InChI=1S/C17H24N2O3/c1-22-17(21)15-8-6-14(7-9-15)12-18-16(20)13-19-10-4-2-3-5-11-19/h6-9H,2-5,10-13H2,1H3,(H,18,20). The number of amides is 1. The number of methoxy groups -OCH3 is 1. The van der Waals surface area contributed by atoms with Gasteiger partial charge in [-0.15, -0.1) is 0 Å². The van der Waals surface area contributed by atoms with Crippen LogP contribution in [0.3, 0.4) is 0 Å². The molecule has 0 radical (unpaired) electrons. The van der Waals surface area contributed by atoms with Gasteiger partial charge in [0, 0.05) is 6.54 Å². The zero-order valence-corrected chi connectivity index (χ0v) is 13.1. The van der Waals surface area contributed by atoms with E-state index in [0.29, 0.717) is 18.7 Å². The van der Waals surface area contributed by atoms with Crippen molar-refractivity contribution in [3.8, 4) is 0 Å². The lowest BCUT2D eigenvalue weighted by molar-refractivity contribution is -0.122. The lowest BCUT2D eigenvalue weighted by atomic mass is 10.1. The molecule has 0 aliphatic carbocycles. The first-order valence-corrected chi connectivity index (χ1v) is 7.85. The van der Waals surface area contributed by atoms with Crippen molar-refractivity contribution in [3.05, 3.63) is 35.4 Å². The summed E-state index contributed by atoms with van der Waals surface area (Å²) < 4.78 is 4.65. The minimum Gasteiger partial charge on any atom is -0.465 e. The fourth-order valence-corrected chi connectivity index (χ4v) is 2.63. The monoisotopic (exact) mass is 304 g/mol. The van der Waals surface area contributed by atoms with Gasteiger partial charge in [0.25, 0.3) is 0 Å². The van der Waals surface area contributed by atoms with Crippen LogP contribution in [0.2, 0.25) is 0 Å². The van der Waals surface area contributed by atoms with Gasteiger partial charge >= 0.3 is 5.97 Å². The number of hydrogen-bond donors (Lipinski definition) is 1. The van der Waals surface area contributed by atoms with E-state index < -0.39 is 0 Å². The van der Waals surface area contributed by atoms with Crippen LogP contribution in [0, 0.1) is 0 Å². The highest BCUT2D eigenvalue weighted by Crippen LogP contribution is 2.09. The van der Waals surface area contributed by atoms with E-state index in [1.165, 1.54) is 32.8 Å². The third-order valence-electron chi connectivity index (χ3n) is 3.93.